The minimum Gasteiger partial charge on any atom is -0.463 e. The van der Waals surface area contributed by atoms with Crippen molar-refractivity contribution in [2.45, 2.75) is 511 Å². The molecule has 0 aromatic heterocycles. The van der Waals surface area contributed by atoms with Gasteiger partial charge in [0, 0.05) is 25.7 Å². The van der Waals surface area contributed by atoms with E-state index in [1.807, 2.05) is 0 Å². The lowest BCUT2D eigenvalue weighted by atomic mass is 9.84. The summed E-state index contributed by atoms with van der Waals surface area (Å²) in [4.78, 5) is 66.4. The summed E-state index contributed by atoms with van der Waals surface area (Å²) in [5, 5.41) is 102. The van der Waals surface area contributed by atoms with Crippen molar-refractivity contribution >= 4 is 31.7 Å². The van der Waals surface area contributed by atoms with Crippen LogP contribution in [-0.2, 0) is 70.7 Å². The molecule has 682 valence electrons. The maximum Gasteiger partial charge on any atom is 0.472 e. The van der Waals surface area contributed by atoms with Gasteiger partial charge in [0.1, 0.15) is 92.6 Å². The lowest BCUT2D eigenvalue weighted by molar-refractivity contribution is -0.360. The van der Waals surface area contributed by atoms with E-state index in [2.05, 4.69) is 39.8 Å². The first-order valence-electron chi connectivity index (χ1n) is 46.9. The molecule has 18 atom stereocenters. The zero-order valence-electron chi connectivity index (χ0n) is 72.6. The van der Waals surface area contributed by atoms with Gasteiger partial charge >= 0.3 is 31.7 Å². The maximum absolute atomic E-state index is 14.9. The fourth-order valence-electron chi connectivity index (χ4n) is 15.5. The molecule has 2 saturated heterocycles. The summed E-state index contributed by atoms with van der Waals surface area (Å²) in [6.07, 6.45) is 27.7. The van der Waals surface area contributed by atoms with Gasteiger partial charge in [-0.3, -0.25) is 28.2 Å². The Hall–Kier alpha value is -2.79. The van der Waals surface area contributed by atoms with Crippen LogP contribution in [0.2, 0.25) is 0 Å². The van der Waals surface area contributed by atoms with Crippen molar-refractivity contribution in [1.29, 1.82) is 0 Å². The lowest BCUT2D eigenvalue weighted by Gasteiger charge is -2.50. The van der Waals surface area contributed by atoms with Crippen LogP contribution in [0.4, 0.5) is 0 Å². The summed E-state index contributed by atoms with van der Waals surface area (Å²) in [5.74, 6) is -2.95. The predicted octanol–water partition coefficient (Wildman–Crippen LogP) is 17.2. The number of unbranched alkanes of at least 4 members (excludes halogenated alkanes) is 50. The molecule has 0 amide bonds. The van der Waals surface area contributed by atoms with E-state index >= 15 is 0 Å². The zero-order valence-corrected chi connectivity index (χ0v) is 73.5. The molecular formula is C90H167O25P. The van der Waals surface area contributed by atoms with Gasteiger partial charge in [-0.05, 0) is 51.4 Å². The molecule has 25 nitrogen and oxygen atoms in total. The van der Waals surface area contributed by atoms with Crippen molar-refractivity contribution in [3.8, 4) is 0 Å². The van der Waals surface area contributed by atoms with E-state index in [9.17, 15) is 74.6 Å². The number of rotatable bonds is 76. The Labute approximate surface area is 699 Å². The third-order valence-electron chi connectivity index (χ3n) is 23.0. The van der Waals surface area contributed by atoms with Gasteiger partial charge in [-0.25, -0.2) is 4.57 Å². The second-order valence-electron chi connectivity index (χ2n) is 33.5. The average molecular weight is 1680 g/mol. The van der Waals surface area contributed by atoms with E-state index in [0.29, 0.717) is 32.1 Å². The van der Waals surface area contributed by atoms with E-state index in [1.54, 1.807) is 0 Å². The second-order valence-corrected chi connectivity index (χ2v) is 34.9. The van der Waals surface area contributed by atoms with E-state index in [-0.39, 0.29) is 25.7 Å². The fraction of sp³-hybridized carbons (Fsp3) is 0.933. The molecule has 3 aliphatic rings. The largest absolute Gasteiger partial charge is 0.472 e. The van der Waals surface area contributed by atoms with Gasteiger partial charge in [0.15, 0.2) is 24.8 Å². The number of phosphoric ester groups is 1. The summed E-state index contributed by atoms with van der Waals surface area (Å²) in [5.41, 5.74) is 0. The maximum atomic E-state index is 14.9. The van der Waals surface area contributed by atoms with E-state index in [4.69, 9.17) is 46.9 Å². The molecule has 116 heavy (non-hydrogen) atoms. The third kappa shape index (κ3) is 49.5. The van der Waals surface area contributed by atoms with Crippen LogP contribution in [0.5, 0.6) is 0 Å². The SMILES string of the molecule is CCCCCC/C=C\CCCCCCCCCC(=O)OC1C(O)C(O)C(OC2OC(CO)C(O)C(O)C2O)C(OP(=O)(O)OCC(COC(=O)CCCCCCCCCCCCCCC)OC(=O)CCCCCCCCCCCCCCC)C1OC1OC(COC(=O)CCCCCCCCCCCCCCCCCC)C(O)C(O)C1O. The highest BCUT2D eigenvalue weighted by Gasteiger charge is 2.60. The Morgan fingerprint density at radius 3 is 1.03 bits per heavy atom. The zero-order chi connectivity index (χ0) is 84.7. The van der Waals surface area contributed by atoms with Gasteiger partial charge in [0.05, 0.1) is 13.2 Å². The van der Waals surface area contributed by atoms with Gasteiger partial charge in [0.25, 0.3) is 0 Å². The van der Waals surface area contributed by atoms with Crippen LogP contribution in [0, 0.1) is 0 Å². The standard InChI is InChI=1S/C90H167O25P/c1-5-9-13-17-21-25-29-33-35-37-40-43-47-51-55-59-63-74(93)107-69-72-78(97)80(99)84(103)90(111-72)114-87-85(112-76(95)65-61-57-53-49-45-41-36-34-30-26-22-18-14-10-6-2)81(100)82(101)86(113-89-83(102)79(98)77(96)71(66-91)110-89)88(87)115-116(104,105)108-68-70(109-75(94)64-60-56-52-48-44-39-32-28-24-20-16-12-8-4)67-106-73(92)62-58-54-50-46-42-38-31-27-23-19-15-11-7-3/h26,30,70-72,77-91,96-103H,5-25,27-29,31-69H2,1-4H3,(H,104,105)/b30-26-. The van der Waals surface area contributed by atoms with Crippen molar-refractivity contribution < 1.29 is 122 Å². The molecule has 1 saturated carbocycles. The van der Waals surface area contributed by atoms with Crippen LogP contribution in [0.1, 0.15) is 407 Å². The van der Waals surface area contributed by atoms with Gasteiger partial charge in [0.2, 0.25) is 0 Å². The van der Waals surface area contributed by atoms with Gasteiger partial charge in [-0.1, -0.05) is 342 Å². The molecular weight excluding hydrogens is 1510 g/mol. The highest BCUT2D eigenvalue weighted by molar-refractivity contribution is 7.47. The molecule has 0 aromatic rings. The predicted molar refractivity (Wildman–Crippen MR) is 449 cm³/mol. The number of aliphatic hydroxyl groups is 9. The summed E-state index contributed by atoms with van der Waals surface area (Å²) >= 11 is 0. The Morgan fingerprint density at radius 2 is 0.647 bits per heavy atom. The smallest absolute Gasteiger partial charge is 0.463 e. The molecule has 1 aliphatic carbocycles. The molecule has 26 heteroatoms. The normalized spacial score (nSPS) is 25.2. The van der Waals surface area contributed by atoms with Gasteiger partial charge in [-0.2, -0.15) is 0 Å². The van der Waals surface area contributed by atoms with Crippen molar-refractivity contribution in [2.24, 2.45) is 0 Å². The van der Waals surface area contributed by atoms with E-state index < -0.39 is 162 Å². The van der Waals surface area contributed by atoms with Crippen molar-refractivity contribution in [3.63, 3.8) is 0 Å². The molecule has 3 rings (SSSR count). The number of allylic oxidation sites excluding steroid dienone is 2. The Balaban J connectivity index is 1.91. The van der Waals surface area contributed by atoms with E-state index in [0.717, 1.165) is 141 Å². The minimum atomic E-state index is -5.80. The number of ether oxygens (including phenoxy) is 8. The minimum absolute atomic E-state index is 0.0185. The first-order chi connectivity index (χ1) is 56.2. The molecule has 18 unspecified atom stereocenters. The third-order valence-corrected chi connectivity index (χ3v) is 24.0. The second kappa shape index (κ2) is 69.6. The summed E-state index contributed by atoms with van der Waals surface area (Å²) in [6.45, 7) is 5.60. The fourth-order valence-corrected chi connectivity index (χ4v) is 16.5. The number of esters is 4. The lowest BCUT2D eigenvalue weighted by Crippen LogP contribution is -2.70. The van der Waals surface area contributed by atoms with Crippen LogP contribution in [0.3, 0.4) is 0 Å². The Morgan fingerprint density at radius 1 is 0.336 bits per heavy atom. The Bertz CT molecular complexity index is 2460. The average Bonchev–Trinajstić information content (AvgIpc) is 0.754. The topological polar surface area (TPSA) is 380 Å². The highest BCUT2D eigenvalue weighted by atomic mass is 31.2. The van der Waals surface area contributed by atoms with Crippen molar-refractivity contribution in [3.05, 3.63) is 12.2 Å². The van der Waals surface area contributed by atoms with Gasteiger partial charge < -0.3 is 88.7 Å². The van der Waals surface area contributed by atoms with Crippen LogP contribution < -0.4 is 0 Å². The molecule has 3 fully saturated rings. The highest BCUT2D eigenvalue weighted by Crippen LogP contribution is 2.49. The number of carbonyl (C=O) groups is 4. The number of phosphoric acid groups is 1. The van der Waals surface area contributed by atoms with Crippen LogP contribution in [-0.4, -0.2) is 205 Å². The molecule has 10 N–H and O–H groups in total. The van der Waals surface area contributed by atoms with Crippen molar-refractivity contribution in [2.75, 3.05) is 26.4 Å². The molecule has 0 radical (unpaired) electrons. The van der Waals surface area contributed by atoms with Crippen LogP contribution in [0.25, 0.3) is 0 Å². The molecule has 0 aromatic carbocycles. The van der Waals surface area contributed by atoms with Gasteiger partial charge in [-0.15, -0.1) is 0 Å². The summed E-state index contributed by atoms with van der Waals surface area (Å²) in [6, 6.07) is 0. The van der Waals surface area contributed by atoms with E-state index in [1.165, 1.54) is 180 Å². The number of hydrogen-bond donors (Lipinski definition) is 10. The first kappa shape index (κ1) is 107. The Kier molecular flexibility index (Phi) is 64.4. The molecule has 2 heterocycles. The summed E-state index contributed by atoms with van der Waals surface area (Å²) < 4.78 is 73.4. The number of hydrogen-bond acceptors (Lipinski definition) is 24. The quantitative estimate of drug-likeness (QED) is 0.00889. The summed E-state index contributed by atoms with van der Waals surface area (Å²) in [7, 11) is -5.80. The molecule has 0 spiro atoms. The molecule has 0 bridgehead atoms. The number of aliphatic hydroxyl groups excluding tert-OH is 9. The number of carbonyl (C=O) groups excluding carboxylic acids is 4. The molecule has 2 aliphatic heterocycles. The van der Waals surface area contributed by atoms with Crippen LogP contribution in [0.15, 0.2) is 12.2 Å². The van der Waals surface area contributed by atoms with Crippen LogP contribution >= 0.6 is 7.82 Å². The first-order valence-corrected chi connectivity index (χ1v) is 48.4. The monoisotopic (exact) mass is 1680 g/mol. The van der Waals surface area contributed by atoms with Crippen molar-refractivity contribution in [1.82, 2.24) is 0 Å².